The Bertz CT molecular complexity index is 253. The van der Waals surface area contributed by atoms with Crippen molar-refractivity contribution >= 4 is 30.1 Å². The number of rotatable bonds is 4. The molecule has 1 N–H and O–H groups in total. The second-order valence-corrected chi connectivity index (χ2v) is 4.83. The first kappa shape index (κ1) is 16.9. The van der Waals surface area contributed by atoms with Gasteiger partial charge in [0.2, 0.25) is 5.91 Å². The number of alkyl halides is 3. The number of nitrogens with one attached hydrogen (secondary N) is 1. The lowest BCUT2D eigenvalue weighted by molar-refractivity contribution is -0.127. The summed E-state index contributed by atoms with van der Waals surface area (Å²) in [6.45, 7) is 1.94. The summed E-state index contributed by atoms with van der Waals surface area (Å²) in [5.74, 6) is -0.554. The SMILES string of the molecule is CNCC1CCN(C(=O)CSC(F)(F)F)C1.Cl. The minimum Gasteiger partial charge on any atom is -0.342 e. The van der Waals surface area contributed by atoms with Crippen molar-refractivity contribution in [1.29, 1.82) is 0 Å². The van der Waals surface area contributed by atoms with Gasteiger partial charge in [-0.2, -0.15) is 13.2 Å². The predicted molar refractivity (Wildman–Crippen MR) is 64.4 cm³/mol. The van der Waals surface area contributed by atoms with Gasteiger partial charge in [-0.15, -0.1) is 12.4 Å². The highest BCUT2D eigenvalue weighted by Gasteiger charge is 2.32. The molecule has 17 heavy (non-hydrogen) atoms. The van der Waals surface area contributed by atoms with Crippen LogP contribution in [0, 0.1) is 5.92 Å². The van der Waals surface area contributed by atoms with Gasteiger partial charge in [0.05, 0.1) is 5.75 Å². The van der Waals surface area contributed by atoms with Gasteiger partial charge in [-0.3, -0.25) is 4.79 Å². The van der Waals surface area contributed by atoms with Gasteiger partial charge in [0.1, 0.15) is 0 Å². The van der Waals surface area contributed by atoms with E-state index in [1.54, 1.807) is 0 Å². The summed E-state index contributed by atoms with van der Waals surface area (Å²) in [6, 6.07) is 0. The number of hydrogen-bond donors (Lipinski definition) is 1. The van der Waals surface area contributed by atoms with E-state index in [2.05, 4.69) is 5.32 Å². The van der Waals surface area contributed by atoms with E-state index in [-0.39, 0.29) is 24.2 Å². The molecule has 1 aliphatic heterocycles. The van der Waals surface area contributed by atoms with Crippen LogP contribution in [-0.2, 0) is 4.79 Å². The number of amides is 1. The van der Waals surface area contributed by atoms with E-state index in [0.29, 0.717) is 19.0 Å². The van der Waals surface area contributed by atoms with Crippen LogP contribution in [-0.4, -0.2) is 48.8 Å². The van der Waals surface area contributed by atoms with Crippen molar-refractivity contribution in [1.82, 2.24) is 10.2 Å². The number of nitrogens with zero attached hydrogens (tertiary/aromatic N) is 1. The van der Waals surface area contributed by atoms with E-state index in [4.69, 9.17) is 0 Å². The van der Waals surface area contributed by atoms with Crippen molar-refractivity contribution in [2.24, 2.45) is 5.92 Å². The number of thioether (sulfide) groups is 1. The molecule has 8 heteroatoms. The zero-order chi connectivity index (χ0) is 12.2. The monoisotopic (exact) mass is 292 g/mol. The molecule has 1 aliphatic rings. The lowest BCUT2D eigenvalue weighted by Crippen LogP contribution is -2.32. The number of carbonyl (C=O) groups is 1. The fraction of sp³-hybridized carbons (Fsp3) is 0.889. The van der Waals surface area contributed by atoms with Crippen molar-refractivity contribution in [3.05, 3.63) is 0 Å². The summed E-state index contributed by atoms with van der Waals surface area (Å²) in [6.07, 6.45) is 0.864. The molecule has 1 fully saturated rings. The summed E-state index contributed by atoms with van der Waals surface area (Å²) >= 11 is -0.264. The van der Waals surface area contributed by atoms with Crippen LogP contribution >= 0.6 is 24.2 Å². The van der Waals surface area contributed by atoms with Crippen LogP contribution in [0.25, 0.3) is 0 Å². The van der Waals surface area contributed by atoms with E-state index < -0.39 is 17.2 Å². The molecular formula is C9H16ClF3N2OS. The molecule has 1 heterocycles. The molecular weight excluding hydrogens is 277 g/mol. The van der Waals surface area contributed by atoms with Crippen molar-refractivity contribution in [2.75, 3.05) is 32.4 Å². The van der Waals surface area contributed by atoms with E-state index >= 15 is 0 Å². The van der Waals surface area contributed by atoms with Crippen molar-refractivity contribution in [3.63, 3.8) is 0 Å². The van der Waals surface area contributed by atoms with Gasteiger partial charge in [0, 0.05) is 13.1 Å². The summed E-state index contributed by atoms with van der Waals surface area (Å²) < 4.78 is 35.6. The molecule has 0 aromatic heterocycles. The molecule has 0 saturated carbocycles. The van der Waals surface area contributed by atoms with E-state index in [1.807, 2.05) is 7.05 Å². The van der Waals surface area contributed by atoms with Crippen LogP contribution in [0.3, 0.4) is 0 Å². The molecule has 3 nitrogen and oxygen atoms in total. The maximum absolute atomic E-state index is 11.9. The molecule has 1 unspecified atom stereocenters. The third-order valence-corrected chi connectivity index (χ3v) is 3.21. The Morgan fingerprint density at radius 2 is 2.18 bits per heavy atom. The number of hydrogen-bond acceptors (Lipinski definition) is 3. The van der Waals surface area contributed by atoms with Gasteiger partial charge >= 0.3 is 5.51 Å². The summed E-state index contributed by atoms with van der Waals surface area (Å²) in [7, 11) is 1.82. The van der Waals surface area contributed by atoms with Crippen LogP contribution < -0.4 is 5.32 Å². The molecule has 1 amide bonds. The maximum atomic E-state index is 11.9. The van der Waals surface area contributed by atoms with Crippen LogP contribution in [0.15, 0.2) is 0 Å². The van der Waals surface area contributed by atoms with Gasteiger partial charge in [0.15, 0.2) is 0 Å². The minimum atomic E-state index is -4.32. The molecule has 1 atom stereocenters. The lowest BCUT2D eigenvalue weighted by atomic mass is 10.1. The minimum absolute atomic E-state index is 0. The first-order valence-corrected chi connectivity index (χ1v) is 6.04. The molecule has 0 aromatic rings. The molecule has 102 valence electrons. The second-order valence-electron chi connectivity index (χ2n) is 3.79. The highest BCUT2D eigenvalue weighted by Crippen LogP contribution is 2.30. The maximum Gasteiger partial charge on any atom is 0.442 e. The van der Waals surface area contributed by atoms with E-state index in [9.17, 15) is 18.0 Å². The normalized spacial score (nSPS) is 20.2. The summed E-state index contributed by atoms with van der Waals surface area (Å²) in [4.78, 5) is 12.9. The quantitative estimate of drug-likeness (QED) is 0.856. The molecule has 0 bridgehead atoms. The molecule has 1 rings (SSSR count). The van der Waals surface area contributed by atoms with Gasteiger partial charge < -0.3 is 10.2 Å². The standard InChI is InChI=1S/C9H15F3N2OS.ClH/c1-13-4-7-2-3-14(5-7)8(15)6-16-9(10,11)12;/h7,13H,2-6H2,1H3;1H. The Balaban J connectivity index is 0.00000256. The van der Waals surface area contributed by atoms with Gasteiger partial charge in [0.25, 0.3) is 0 Å². The number of likely N-dealkylation sites (tertiary alicyclic amines) is 1. The van der Waals surface area contributed by atoms with Crippen LogP contribution in [0.1, 0.15) is 6.42 Å². The average molecular weight is 293 g/mol. The summed E-state index contributed by atoms with van der Waals surface area (Å²) in [5.41, 5.74) is -4.32. The third-order valence-electron chi connectivity index (χ3n) is 2.49. The van der Waals surface area contributed by atoms with Gasteiger partial charge in [-0.1, -0.05) is 0 Å². The van der Waals surface area contributed by atoms with Gasteiger partial charge in [-0.25, -0.2) is 0 Å². The number of halogens is 4. The fourth-order valence-corrected chi connectivity index (χ4v) is 2.22. The Hall–Kier alpha value is -0.140. The van der Waals surface area contributed by atoms with Crippen LogP contribution in [0.5, 0.6) is 0 Å². The molecule has 0 aromatic carbocycles. The van der Waals surface area contributed by atoms with Crippen LogP contribution in [0.4, 0.5) is 13.2 Å². The first-order chi connectivity index (χ1) is 7.42. The highest BCUT2D eigenvalue weighted by molar-refractivity contribution is 8.00. The highest BCUT2D eigenvalue weighted by atomic mass is 35.5. The fourth-order valence-electron chi connectivity index (χ4n) is 1.75. The molecule has 0 radical (unpaired) electrons. The predicted octanol–water partition coefficient (Wildman–Crippen LogP) is 1.73. The zero-order valence-corrected chi connectivity index (χ0v) is 11.1. The Morgan fingerprint density at radius 1 is 1.53 bits per heavy atom. The topological polar surface area (TPSA) is 32.3 Å². The third kappa shape index (κ3) is 6.38. The average Bonchev–Trinajstić information content (AvgIpc) is 2.62. The smallest absolute Gasteiger partial charge is 0.342 e. The number of carbonyl (C=O) groups excluding carboxylic acids is 1. The summed E-state index contributed by atoms with van der Waals surface area (Å²) in [5, 5.41) is 3.00. The second kappa shape index (κ2) is 7.33. The van der Waals surface area contributed by atoms with E-state index in [1.165, 1.54) is 4.90 Å². The zero-order valence-electron chi connectivity index (χ0n) is 9.42. The van der Waals surface area contributed by atoms with Crippen molar-refractivity contribution in [3.8, 4) is 0 Å². The van der Waals surface area contributed by atoms with Crippen molar-refractivity contribution in [2.45, 2.75) is 11.9 Å². The Labute approximate surface area is 109 Å². The largest absolute Gasteiger partial charge is 0.442 e. The molecule has 1 saturated heterocycles. The Morgan fingerprint density at radius 3 is 2.71 bits per heavy atom. The van der Waals surface area contributed by atoms with Crippen molar-refractivity contribution < 1.29 is 18.0 Å². The van der Waals surface area contributed by atoms with E-state index in [0.717, 1.165) is 13.0 Å². The Kier molecular flexibility index (Phi) is 7.27. The first-order valence-electron chi connectivity index (χ1n) is 5.05. The molecule has 0 spiro atoms. The van der Waals surface area contributed by atoms with Crippen LogP contribution in [0.2, 0.25) is 0 Å². The lowest BCUT2D eigenvalue weighted by Gasteiger charge is -2.16. The molecule has 0 aliphatic carbocycles. The van der Waals surface area contributed by atoms with Gasteiger partial charge in [-0.05, 0) is 37.7 Å².